The minimum absolute atomic E-state index is 0.217. The van der Waals surface area contributed by atoms with Gasteiger partial charge in [0.1, 0.15) is 5.60 Å². The van der Waals surface area contributed by atoms with Gasteiger partial charge in [-0.3, -0.25) is 4.79 Å². The highest BCUT2D eigenvalue weighted by Crippen LogP contribution is 2.48. The van der Waals surface area contributed by atoms with E-state index >= 15 is 0 Å². The summed E-state index contributed by atoms with van der Waals surface area (Å²) < 4.78 is 5.59. The molecule has 4 heteroatoms. The van der Waals surface area contributed by atoms with E-state index in [2.05, 4.69) is 6.58 Å². The maximum absolute atomic E-state index is 11.7. The van der Waals surface area contributed by atoms with Crippen LogP contribution in [0, 0.1) is 17.8 Å². The Labute approximate surface area is 113 Å². The summed E-state index contributed by atoms with van der Waals surface area (Å²) in [6.07, 6.45) is 4.04. The first kappa shape index (κ1) is 14.1. The summed E-state index contributed by atoms with van der Waals surface area (Å²) in [6, 6.07) is 0. The fourth-order valence-electron chi connectivity index (χ4n) is 3.80. The summed E-state index contributed by atoms with van der Waals surface area (Å²) in [6.45, 7) is 7.22. The Kier molecular flexibility index (Phi) is 3.70. The SMILES string of the molecule is C=C(C)C(=O)OC1(C)CC2CC(CC(C(=O)O)C2)C1. The van der Waals surface area contributed by atoms with E-state index in [-0.39, 0.29) is 11.9 Å². The molecule has 0 heterocycles. The summed E-state index contributed by atoms with van der Waals surface area (Å²) in [5.74, 6) is -0.521. The van der Waals surface area contributed by atoms with Gasteiger partial charge in [0.15, 0.2) is 0 Å². The zero-order valence-corrected chi connectivity index (χ0v) is 11.6. The lowest BCUT2D eigenvalue weighted by Gasteiger charge is -2.46. The largest absolute Gasteiger partial charge is 0.481 e. The zero-order valence-electron chi connectivity index (χ0n) is 11.6. The fraction of sp³-hybridized carbons (Fsp3) is 0.733. The average Bonchev–Trinajstić information content (AvgIpc) is 2.26. The third-order valence-electron chi connectivity index (χ3n) is 4.38. The predicted molar refractivity (Wildman–Crippen MR) is 70.5 cm³/mol. The van der Waals surface area contributed by atoms with Crippen LogP contribution in [0.15, 0.2) is 12.2 Å². The number of fused-ring (bicyclic) bond motifs is 2. The van der Waals surface area contributed by atoms with E-state index in [1.807, 2.05) is 6.92 Å². The first-order valence-electron chi connectivity index (χ1n) is 6.91. The summed E-state index contributed by atoms with van der Waals surface area (Å²) in [7, 11) is 0. The molecule has 0 saturated heterocycles. The molecule has 2 saturated carbocycles. The smallest absolute Gasteiger partial charge is 0.333 e. The van der Waals surface area contributed by atoms with Crippen LogP contribution < -0.4 is 0 Å². The monoisotopic (exact) mass is 266 g/mol. The molecule has 0 aromatic heterocycles. The van der Waals surface area contributed by atoms with Crippen molar-refractivity contribution in [1.29, 1.82) is 0 Å². The van der Waals surface area contributed by atoms with Gasteiger partial charge >= 0.3 is 11.9 Å². The van der Waals surface area contributed by atoms with Crippen molar-refractivity contribution in [3.8, 4) is 0 Å². The lowest BCUT2D eigenvalue weighted by atomic mass is 9.63. The second kappa shape index (κ2) is 4.99. The molecule has 1 N–H and O–H groups in total. The Hall–Kier alpha value is -1.32. The second-order valence-corrected chi connectivity index (χ2v) is 6.50. The van der Waals surface area contributed by atoms with Crippen LogP contribution >= 0.6 is 0 Å². The van der Waals surface area contributed by atoms with Crippen LogP contribution in [0.1, 0.15) is 46.0 Å². The van der Waals surface area contributed by atoms with E-state index in [0.29, 0.717) is 30.3 Å². The normalized spacial score (nSPS) is 37.5. The number of ether oxygens (including phenoxy) is 1. The van der Waals surface area contributed by atoms with Crippen LogP contribution in [-0.4, -0.2) is 22.6 Å². The molecular weight excluding hydrogens is 244 g/mol. The third-order valence-corrected chi connectivity index (χ3v) is 4.38. The molecule has 0 amide bonds. The molecule has 0 spiro atoms. The highest BCUT2D eigenvalue weighted by Gasteiger charge is 2.45. The molecule has 106 valence electrons. The number of hydrogen-bond acceptors (Lipinski definition) is 3. The van der Waals surface area contributed by atoms with Crippen LogP contribution in [0.4, 0.5) is 0 Å². The molecule has 19 heavy (non-hydrogen) atoms. The molecular formula is C15H22O4. The number of carbonyl (C=O) groups excluding carboxylic acids is 1. The van der Waals surface area contributed by atoms with Crippen molar-refractivity contribution < 1.29 is 19.4 Å². The van der Waals surface area contributed by atoms with E-state index in [1.54, 1.807) is 6.92 Å². The van der Waals surface area contributed by atoms with E-state index in [9.17, 15) is 9.59 Å². The van der Waals surface area contributed by atoms with Crippen molar-refractivity contribution in [3.63, 3.8) is 0 Å². The van der Waals surface area contributed by atoms with Gasteiger partial charge in [-0.2, -0.15) is 0 Å². The average molecular weight is 266 g/mol. The minimum Gasteiger partial charge on any atom is -0.481 e. The number of aliphatic carboxylic acids is 1. The standard InChI is InChI=1S/C15H22O4/c1-9(2)14(18)19-15(3)7-10-4-11(8-15)6-12(5-10)13(16)17/h10-12H,1,4-8H2,2-3H3,(H,16,17). The Morgan fingerprint density at radius 1 is 1.21 bits per heavy atom. The van der Waals surface area contributed by atoms with Gasteiger partial charge < -0.3 is 9.84 Å². The first-order chi connectivity index (χ1) is 8.79. The molecule has 2 aliphatic rings. The predicted octanol–water partition coefficient (Wildman–Crippen LogP) is 2.78. The summed E-state index contributed by atoms with van der Waals surface area (Å²) in [5, 5.41) is 9.14. The van der Waals surface area contributed by atoms with Crippen molar-refractivity contribution >= 4 is 11.9 Å². The lowest BCUT2D eigenvalue weighted by Crippen LogP contribution is -2.45. The van der Waals surface area contributed by atoms with Crippen molar-refractivity contribution in [2.24, 2.45) is 17.8 Å². The first-order valence-corrected chi connectivity index (χ1v) is 6.91. The minimum atomic E-state index is -0.683. The van der Waals surface area contributed by atoms with Gasteiger partial charge in [-0.1, -0.05) is 6.58 Å². The van der Waals surface area contributed by atoms with Gasteiger partial charge in [-0.15, -0.1) is 0 Å². The van der Waals surface area contributed by atoms with Crippen LogP contribution in [-0.2, 0) is 14.3 Å². The maximum Gasteiger partial charge on any atom is 0.333 e. The molecule has 0 aromatic rings. The summed E-state index contributed by atoms with van der Waals surface area (Å²) in [4.78, 5) is 22.8. The number of hydrogen-bond donors (Lipinski definition) is 1. The molecule has 0 aromatic carbocycles. The van der Waals surface area contributed by atoms with Crippen LogP contribution in [0.2, 0.25) is 0 Å². The third kappa shape index (κ3) is 3.17. The zero-order chi connectivity index (χ0) is 14.2. The number of carbonyl (C=O) groups is 2. The quantitative estimate of drug-likeness (QED) is 0.630. The Morgan fingerprint density at radius 3 is 2.16 bits per heavy atom. The molecule has 2 aliphatic carbocycles. The van der Waals surface area contributed by atoms with E-state index in [0.717, 1.165) is 19.3 Å². The van der Waals surface area contributed by atoms with Crippen molar-refractivity contribution in [2.75, 3.05) is 0 Å². The Bertz CT molecular complexity index is 398. The molecule has 2 rings (SSSR count). The molecule has 2 atom stereocenters. The second-order valence-electron chi connectivity index (χ2n) is 6.50. The van der Waals surface area contributed by atoms with Crippen molar-refractivity contribution in [1.82, 2.24) is 0 Å². The van der Waals surface area contributed by atoms with E-state index in [1.165, 1.54) is 0 Å². The van der Waals surface area contributed by atoms with Gasteiger partial charge in [0, 0.05) is 5.57 Å². The Balaban J connectivity index is 2.03. The fourth-order valence-corrected chi connectivity index (χ4v) is 3.80. The highest BCUT2D eigenvalue weighted by molar-refractivity contribution is 5.87. The maximum atomic E-state index is 11.7. The number of rotatable bonds is 3. The van der Waals surface area contributed by atoms with E-state index in [4.69, 9.17) is 9.84 Å². The highest BCUT2D eigenvalue weighted by atomic mass is 16.6. The molecule has 2 unspecified atom stereocenters. The van der Waals surface area contributed by atoms with Gasteiger partial charge in [0.2, 0.25) is 0 Å². The van der Waals surface area contributed by atoms with Gasteiger partial charge in [-0.05, 0) is 57.8 Å². The van der Waals surface area contributed by atoms with Crippen LogP contribution in [0.3, 0.4) is 0 Å². The summed E-state index contributed by atoms with van der Waals surface area (Å²) in [5.41, 5.74) is -0.0343. The van der Waals surface area contributed by atoms with Crippen molar-refractivity contribution in [3.05, 3.63) is 12.2 Å². The van der Waals surface area contributed by atoms with Gasteiger partial charge in [-0.25, -0.2) is 4.79 Å². The van der Waals surface area contributed by atoms with Gasteiger partial charge in [0.25, 0.3) is 0 Å². The van der Waals surface area contributed by atoms with E-state index < -0.39 is 11.6 Å². The topological polar surface area (TPSA) is 63.6 Å². The van der Waals surface area contributed by atoms with Gasteiger partial charge in [0.05, 0.1) is 5.92 Å². The van der Waals surface area contributed by atoms with Crippen LogP contribution in [0.25, 0.3) is 0 Å². The molecule has 0 aliphatic heterocycles. The molecule has 2 fully saturated rings. The molecule has 4 nitrogen and oxygen atoms in total. The lowest BCUT2D eigenvalue weighted by molar-refractivity contribution is -0.165. The van der Waals surface area contributed by atoms with Crippen molar-refractivity contribution in [2.45, 2.75) is 51.6 Å². The molecule has 0 radical (unpaired) electrons. The van der Waals surface area contributed by atoms with Crippen LogP contribution in [0.5, 0.6) is 0 Å². The Morgan fingerprint density at radius 2 is 1.74 bits per heavy atom. The number of carboxylic acid groups (broad SMARTS) is 1. The summed E-state index contributed by atoms with van der Waals surface area (Å²) >= 11 is 0. The number of carboxylic acids is 1. The number of esters is 1. The molecule has 2 bridgehead atoms.